The highest BCUT2D eigenvalue weighted by Crippen LogP contribution is 2.33. The Morgan fingerprint density at radius 2 is 1.72 bits per heavy atom. The van der Waals surface area contributed by atoms with Crippen molar-refractivity contribution in [3.8, 4) is 0 Å². The standard InChI is InChI=1S/C12H16ClN3.2ClH/c1-15-5-9-7-16(8-10(9)6-15)11-2-3-12(13)14-4-11;;/h2-4,9-10H,5-8H2,1H3;2*1H/t9-,10+;;. The van der Waals surface area contributed by atoms with Gasteiger partial charge in [0.1, 0.15) is 5.15 Å². The average molecular weight is 311 g/mol. The fourth-order valence-electron chi connectivity index (χ4n) is 2.99. The van der Waals surface area contributed by atoms with Crippen molar-refractivity contribution in [3.63, 3.8) is 0 Å². The molecule has 3 nitrogen and oxygen atoms in total. The van der Waals surface area contributed by atoms with Crippen molar-refractivity contribution in [1.82, 2.24) is 9.88 Å². The largest absolute Gasteiger partial charge is 0.370 e. The van der Waals surface area contributed by atoms with E-state index in [1.54, 1.807) is 0 Å². The Morgan fingerprint density at radius 3 is 2.22 bits per heavy atom. The van der Waals surface area contributed by atoms with Gasteiger partial charge in [0, 0.05) is 26.2 Å². The van der Waals surface area contributed by atoms with Crippen LogP contribution < -0.4 is 4.90 Å². The van der Waals surface area contributed by atoms with Crippen LogP contribution in [-0.2, 0) is 0 Å². The molecule has 0 aliphatic carbocycles. The summed E-state index contributed by atoms with van der Waals surface area (Å²) in [5.74, 6) is 1.67. The van der Waals surface area contributed by atoms with Gasteiger partial charge in [-0.05, 0) is 31.0 Å². The van der Waals surface area contributed by atoms with Crippen LogP contribution in [0.1, 0.15) is 0 Å². The van der Waals surface area contributed by atoms with Crippen LogP contribution in [0, 0.1) is 11.8 Å². The molecule has 2 saturated heterocycles. The molecule has 6 heteroatoms. The van der Waals surface area contributed by atoms with E-state index in [4.69, 9.17) is 11.6 Å². The number of hydrogen-bond acceptors (Lipinski definition) is 3. The first-order valence-corrected chi connectivity index (χ1v) is 6.15. The van der Waals surface area contributed by atoms with Gasteiger partial charge in [0.2, 0.25) is 0 Å². The molecule has 18 heavy (non-hydrogen) atoms. The zero-order valence-corrected chi connectivity index (χ0v) is 12.6. The lowest BCUT2D eigenvalue weighted by atomic mass is 10.0. The highest BCUT2D eigenvalue weighted by atomic mass is 35.5. The van der Waals surface area contributed by atoms with E-state index in [1.165, 1.54) is 18.8 Å². The lowest BCUT2D eigenvalue weighted by Gasteiger charge is -2.20. The lowest BCUT2D eigenvalue weighted by Crippen LogP contribution is -2.26. The second-order valence-electron chi connectivity index (χ2n) is 4.99. The van der Waals surface area contributed by atoms with Gasteiger partial charge in [-0.25, -0.2) is 4.98 Å². The maximum absolute atomic E-state index is 5.80. The molecule has 0 saturated carbocycles. The number of pyridine rings is 1. The Kier molecular flexibility index (Phi) is 5.53. The zero-order valence-electron chi connectivity index (χ0n) is 10.3. The molecule has 102 valence electrons. The van der Waals surface area contributed by atoms with Crippen LogP contribution in [-0.4, -0.2) is 43.1 Å². The second-order valence-corrected chi connectivity index (χ2v) is 5.37. The molecule has 3 heterocycles. The number of nitrogens with zero attached hydrogens (tertiary/aromatic N) is 3. The maximum Gasteiger partial charge on any atom is 0.129 e. The molecule has 1 aromatic heterocycles. The molecule has 0 bridgehead atoms. The number of aromatic nitrogens is 1. The molecule has 1 aromatic rings. The number of hydrogen-bond donors (Lipinski definition) is 0. The smallest absolute Gasteiger partial charge is 0.129 e. The first-order chi connectivity index (χ1) is 7.72. The van der Waals surface area contributed by atoms with Gasteiger partial charge in [-0.3, -0.25) is 0 Å². The van der Waals surface area contributed by atoms with Crippen LogP contribution in [0.5, 0.6) is 0 Å². The second kappa shape index (κ2) is 6.29. The summed E-state index contributed by atoms with van der Waals surface area (Å²) in [5.41, 5.74) is 1.21. The molecule has 0 unspecified atom stereocenters. The van der Waals surface area contributed by atoms with E-state index in [0.29, 0.717) is 5.15 Å². The van der Waals surface area contributed by atoms with Crippen LogP contribution in [0.4, 0.5) is 5.69 Å². The van der Waals surface area contributed by atoms with E-state index in [0.717, 1.165) is 24.9 Å². The topological polar surface area (TPSA) is 19.4 Å². The summed E-state index contributed by atoms with van der Waals surface area (Å²) < 4.78 is 0. The van der Waals surface area contributed by atoms with Gasteiger partial charge in [-0.2, -0.15) is 0 Å². The van der Waals surface area contributed by atoms with E-state index in [1.807, 2.05) is 12.3 Å². The van der Waals surface area contributed by atoms with Crippen LogP contribution >= 0.6 is 36.4 Å². The molecule has 2 atom stereocenters. The molecule has 0 N–H and O–H groups in total. The van der Waals surface area contributed by atoms with Gasteiger partial charge < -0.3 is 9.80 Å². The molecule has 2 fully saturated rings. The molecule has 0 amide bonds. The van der Waals surface area contributed by atoms with Crippen molar-refractivity contribution in [3.05, 3.63) is 23.5 Å². The third-order valence-electron chi connectivity index (χ3n) is 3.75. The molecule has 0 spiro atoms. The molecule has 3 rings (SSSR count). The van der Waals surface area contributed by atoms with Crippen LogP contribution in [0.25, 0.3) is 0 Å². The summed E-state index contributed by atoms with van der Waals surface area (Å²) in [6.45, 7) is 4.81. The van der Waals surface area contributed by atoms with Gasteiger partial charge in [0.25, 0.3) is 0 Å². The molecule has 2 aliphatic heterocycles. The highest BCUT2D eigenvalue weighted by molar-refractivity contribution is 6.29. The van der Waals surface area contributed by atoms with Crippen LogP contribution in [0.2, 0.25) is 5.15 Å². The molecule has 2 aliphatic rings. The highest BCUT2D eigenvalue weighted by Gasteiger charge is 2.38. The summed E-state index contributed by atoms with van der Waals surface area (Å²) in [6, 6.07) is 3.94. The van der Waals surface area contributed by atoms with Crippen molar-refractivity contribution in [2.45, 2.75) is 0 Å². The first kappa shape index (κ1) is 15.8. The molecular formula is C12H18Cl3N3. The predicted molar refractivity (Wildman–Crippen MR) is 80.4 cm³/mol. The van der Waals surface area contributed by atoms with Crippen LogP contribution in [0.3, 0.4) is 0 Å². The summed E-state index contributed by atoms with van der Waals surface area (Å²) >= 11 is 5.80. The Bertz CT molecular complexity index is 371. The minimum Gasteiger partial charge on any atom is -0.370 e. The van der Waals surface area contributed by atoms with Gasteiger partial charge in [-0.1, -0.05) is 11.6 Å². The number of halogens is 3. The third-order valence-corrected chi connectivity index (χ3v) is 3.97. The molecule has 0 aromatic carbocycles. The van der Waals surface area contributed by atoms with Gasteiger partial charge >= 0.3 is 0 Å². The minimum atomic E-state index is 0. The van der Waals surface area contributed by atoms with Crippen molar-refractivity contribution in [1.29, 1.82) is 0 Å². The van der Waals surface area contributed by atoms with E-state index in [9.17, 15) is 0 Å². The van der Waals surface area contributed by atoms with E-state index < -0.39 is 0 Å². The zero-order chi connectivity index (χ0) is 11.1. The Balaban J connectivity index is 0.000000810. The number of anilines is 1. The number of fused-ring (bicyclic) bond motifs is 1. The van der Waals surface area contributed by atoms with Crippen LogP contribution in [0.15, 0.2) is 18.3 Å². The van der Waals surface area contributed by atoms with Crippen molar-refractivity contribution in [2.24, 2.45) is 11.8 Å². The fraction of sp³-hybridized carbons (Fsp3) is 0.583. The Morgan fingerprint density at radius 1 is 1.11 bits per heavy atom. The summed E-state index contributed by atoms with van der Waals surface area (Å²) in [4.78, 5) is 9.02. The Hall–Kier alpha value is -0.220. The quantitative estimate of drug-likeness (QED) is 0.743. The average Bonchev–Trinajstić information content (AvgIpc) is 2.75. The van der Waals surface area contributed by atoms with Crippen molar-refractivity contribution < 1.29 is 0 Å². The van der Waals surface area contributed by atoms with E-state index in [-0.39, 0.29) is 24.8 Å². The normalized spacial score (nSPS) is 26.4. The molecule has 0 radical (unpaired) electrons. The predicted octanol–water partition coefficient (Wildman–Crippen LogP) is 2.58. The van der Waals surface area contributed by atoms with Gasteiger partial charge in [0.05, 0.1) is 11.9 Å². The maximum atomic E-state index is 5.80. The summed E-state index contributed by atoms with van der Waals surface area (Å²) in [5, 5.41) is 0.572. The third kappa shape index (κ3) is 3.02. The SMILES string of the molecule is CN1C[C@@H]2CN(c3ccc(Cl)nc3)C[C@@H]2C1.Cl.Cl. The minimum absolute atomic E-state index is 0. The van der Waals surface area contributed by atoms with Crippen molar-refractivity contribution >= 4 is 42.1 Å². The first-order valence-electron chi connectivity index (χ1n) is 5.77. The van der Waals surface area contributed by atoms with Gasteiger partial charge in [0.15, 0.2) is 0 Å². The lowest BCUT2D eigenvalue weighted by molar-refractivity contribution is 0.387. The van der Waals surface area contributed by atoms with E-state index in [2.05, 4.69) is 27.9 Å². The Labute approximate surface area is 125 Å². The van der Waals surface area contributed by atoms with Gasteiger partial charge in [-0.15, -0.1) is 24.8 Å². The monoisotopic (exact) mass is 309 g/mol. The molecular weight excluding hydrogens is 293 g/mol. The summed E-state index contributed by atoms with van der Waals surface area (Å²) in [6.07, 6.45) is 1.88. The van der Waals surface area contributed by atoms with Crippen molar-refractivity contribution in [2.75, 3.05) is 38.1 Å². The number of likely N-dealkylation sites (tertiary alicyclic amines) is 1. The fourth-order valence-corrected chi connectivity index (χ4v) is 3.11. The number of rotatable bonds is 1. The summed E-state index contributed by atoms with van der Waals surface area (Å²) in [7, 11) is 2.21. The van der Waals surface area contributed by atoms with E-state index >= 15 is 0 Å².